The number of amides is 3. The fourth-order valence-electron chi connectivity index (χ4n) is 3.63. The third-order valence-corrected chi connectivity index (χ3v) is 5.69. The SMILES string of the molecule is CCC(=O)Nc1cccc(NCC(=O)Nc2ccc(Cl)c(C(=O)NC3CCCCC3)c2)c1. The molecule has 0 saturated heterocycles. The number of hydrogen-bond acceptors (Lipinski definition) is 4. The van der Waals surface area contributed by atoms with Crippen molar-refractivity contribution < 1.29 is 14.4 Å². The van der Waals surface area contributed by atoms with Crippen molar-refractivity contribution in [1.29, 1.82) is 0 Å². The molecule has 1 aliphatic carbocycles. The average molecular weight is 457 g/mol. The summed E-state index contributed by atoms with van der Waals surface area (Å²) in [4.78, 5) is 36.6. The van der Waals surface area contributed by atoms with Gasteiger partial charge in [-0.3, -0.25) is 14.4 Å². The quantitative estimate of drug-likeness (QED) is 0.458. The lowest BCUT2D eigenvalue weighted by atomic mass is 9.95. The highest BCUT2D eigenvalue weighted by atomic mass is 35.5. The number of halogens is 1. The molecule has 2 aromatic rings. The van der Waals surface area contributed by atoms with E-state index in [1.165, 1.54) is 6.42 Å². The lowest BCUT2D eigenvalue weighted by Gasteiger charge is -2.23. The molecule has 2 aromatic carbocycles. The molecular formula is C24H29ClN4O3. The van der Waals surface area contributed by atoms with Gasteiger partial charge in [-0.25, -0.2) is 0 Å². The van der Waals surface area contributed by atoms with E-state index in [-0.39, 0.29) is 30.3 Å². The van der Waals surface area contributed by atoms with E-state index >= 15 is 0 Å². The van der Waals surface area contributed by atoms with E-state index in [2.05, 4.69) is 21.3 Å². The number of nitrogens with one attached hydrogen (secondary N) is 4. The van der Waals surface area contributed by atoms with Crippen LogP contribution in [0, 0.1) is 0 Å². The second-order valence-electron chi connectivity index (χ2n) is 7.89. The third-order valence-electron chi connectivity index (χ3n) is 5.36. The topological polar surface area (TPSA) is 99.3 Å². The first kappa shape index (κ1) is 23.6. The van der Waals surface area contributed by atoms with E-state index in [0.717, 1.165) is 25.7 Å². The Hall–Kier alpha value is -3.06. The number of carbonyl (C=O) groups excluding carboxylic acids is 3. The molecule has 0 unspecified atom stereocenters. The standard InChI is InChI=1S/C24H29ClN4O3/c1-2-22(30)27-18-10-6-9-17(13-18)26-15-23(31)28-19-11-12-21(25)20(14-19)24(32)29-16-7-4-3-5-8-16/h6,9-14,16,26H,2-5,7-8,15H2,1H3,(H,27,30)(H,28,31)(H,29,32). The van der Waals surface area contributed by atoms with Crippen molar-refractivity contribution >= 4 is 46.4 Å². The van der Waals surface area contributed by atoms with Crippen molar-refractivity contribution in [3.8, 4) is 0 Å². The first-order valence-electron chi connectivity index (χ1n) is 11.0. The van der Waals surface area contributed by atoms with Crippen LogP contribution in [0.4, 0.5) is 17.1 Å². The van der Waals surface area contributed by atoms with Crippen LogP contribution in [0.15, 0.2) is 42.5 Å². The van der Waals surface area contributed by atoms with E-state index < -0.39 is 0 Å². The van der Waals surface area contributed by atoms with Crippen molar-refractivity contribution in [2.75, 3.05) is 22.5 Å². The summed E-state index contributed by atoms with van der Waals surface area (Å²) in [6.07, 6.45) is 5.80. The summed E-state index contributed by atoms with van der Waals surface area (Å²) in [5.74, 6) is -0.568. The molecule has 1 fully saturated rings. The summed E-state index contributed by atoms with van der Waals surface area (Å²) in [5.41, 5.74) is 2.22. The van der Waals surface area contributed by atoms with Gasteiger partial charge in [-0.15, -0.1) is 0 Å². The lowest BCUT2D eigenvalue weighted by Crippen LogP contribution is -2.36. The molecular weight excluding hydrogens is 428 g/mol. The zero-order valence-corrected chi connectivity index (χ0v) is 18.9. The number of benzene rings is 2. The van der Waals surface area contributed by atoms with Crippen molar-refractivity contribution in [2.24, 2.45) is 0 Å². The molecule has 4 N–H and O–H groups in total. The first-order valence-corrected chi connectivity index (χ1v) is 11.4. The largest absolute Gasteiger partial charge is 0.376 e. The van der Waals surface area contributed by atoms with E-state index in [1.807, 2.05) is 6.07 Å². The highest BCUT2D eigenvalue weighted by Crippen LogP contribution is 2.23. The maximum Gasteiger partial charge on any atom is 0.253 e. The molecule has 170 valence electrons. The van der Waals surface area contributed by atoms with Gasteiger partial charge in [-0.1, -0.05) is 43.9 Å². The van der Waals surface area contributed by atoms with Crippen molar-refractivity contribution in [1.82, 2.24) is 5.32 Å². The summed E-state index contributed by atoms with van der Waals surface area (Å²) >= 11 is 6.23. The number of hydrogen-bond donors (Lipinski definition) is 4. The van der Waals surface area contributed by atoms with Gasteiger partial charge in [0.25, 0.3) is 5.91 Å². The van der Waals surface area contributed by atoms with Gasteiger partial charge in [0.15, 0.2) is 0 Å². The predicted octanol–water partition coefficient (Wildman–Crippen LogP) is 4.80. The second kappa shape index (κ2) is 11.5. The molecule has 0 heterocycles. The zero-order valence-electron chi connectivity index (χ0n) is 18.2. The molecule has 0 radical (unpaired) electrons. The van der Waals surface area contributed by atoms with Crippen LogP contribution >= 0.6 is 11.6 Å². The molecule has 0 spiro atoms. The molecule has 3 rings (SSSR count). The molecule has 0 aromatic heterocycles. The second-order valence-corrected chi connectivity index (χ2v) is 8.29. The number of carbonyl (C=O) groups is 3. The lowest BCUT2D eigenvalue weighted by molar-refractivity contribution is -0.116. The van der Waals surface area contributed by atoms with Crippen LogP contribution in [0.25, 0.3) is 0 Å². The normalized spacial score (nSPS) is 13.8. The van der Waals surface area contributed by atoms with Crippen LogP contribution in [-0.2, 0) is 9.59 Å². The van der Waals surface area contributed by atoms with Crippen LogP contribution in [0.2, 0.25) is 5.02 Å². The van der Waals surface area contributed by atoms with Gasteiger partial charge < -0.3 is 21.3 Å². The Morgan fingerprint density at radius 1 is 0.906 bits per heavy atom. The van der Waals surface area contributed by atoms with Gasteiger partial charge in [0.2, 0.25) is 11.8 Å². The van der Waals surface area contributed by atoms with E-state index in [1.54, 1.807) is 43.3 Å². The molecule has 3 amide bonds. The first-order chi connectivity index (χ1) is 15.4. The summed E-state index contributed by atoms with van der Waals surface area (Å²) in [5, 5.41) is 12.0. The molecule has 7 nitrogen and oxygen atoms in total. The molecule has 0 bridgehead atoms. The Morgan fingerprint density at radius 3 is 2.34 bits per heavy atom. The predicted molar refractivity (Wildman–Crippen MR) is 128 cm³/mol. The number of rotatable bonds is 8. The Balaban J connectivity index is 1.56. The summed E-state index contributed by atoms with van der Waals surface area (Å²) in [7, 11) is 0. The molecule has 32 heavy (non-hydrogen) atoms. The summed E-state index contributed by atoms with van der Waals surface area (Å²) in [6.45, 7) is 1.81. The minimum atomic E-state index is -0.269. The van der Waals surface area contributed by atoms with E-state index in [9.17, 15) is 14.4 Å². The molecule has 1 aliphatic rings. The van der Waals surface area contributed by atoms with Gasteiger partial charge in [-0.05, 0) is 49.2 Å². The fraction of sp³-hybridized carbons (Fsp3) is 0.375. The van der Waals surface area contributed by atoms with Crippen LogP contribution < -0.4 is 21.3 Å². The van der Waals surface area contributed by atoms with Gasteiger partial charge in [0, 0.05) is 29.5 Å². The highest BCUT2D eigenvalue weighted by molar-refractivity contribution is 6.34. The molecule has 1 saturated carbocycles. The number of anilines is 3. The molecule has 0 atom stereocenters. The van der Waals surface area contributed by atoms with E-state index in [4.69, 9.17) is 11.6 Å². The van der Waals surface area contributed by atoms with E-state index in [0.29, 0.717) is 34.1 Å². The average Bonchev–Trinajstić information content (AvgIpc) is 2.79. The third kappa shape index (κ3) is 6.99. The Morgan fingerprint density at radius 2 is 1.59 bits per heavy atom. The van der Waals surface area contributed by atoms with Crippen LogP contribution in [0.5, 0.6) is 0 Å². The summed E-state index contributed by atoms with van der Waals surface area (Å²) < 4.78 is 0. The smallest absolute Gasteiger partial charge is 0.253 e. The molecule has 8 heteroatoms. The minimum absolute atomic E-state index is 0.0252. The van der Waals surface area contributed by atoms with Gasteiger partial charge >= 0.3 is 0 Å². The van der Waals surface area contributed by atoms with Gasteiger partial charge in [-0.2, -0.15) is 0 Å². The van der Waals surface area contributed by atoms with Crippen molar-refractivity contribution in [3.63, 3.8) is 0 Å². The zero-order chi connectivity index (χ0) is 22.9. The van der Waals surface area contributed by atoms with Crippen LogP contribution in [0.1, 0.15) is 55.8 Å². The minimum Gasteiger partial charge on any atom is -0.376 e. The van der Waals surface area contributed by atoms with Crippen LogP contribution in [0.3, 0.4) is 0 Å². The maximum absolute atomic E-state index is 12.7. The Labute approximate surface area is 193 Å². The Bertz CT molecular complexity index is 973. The highest BCUT2D eigenvalue weighted by Gasteiger charge is 2.19. The van der Waals surface area contributed by atoms with Crippen LogP contribution in [-0.4, -0.2) is 30.3 Å². The maximum atomic E-state index is 12.7. The monoisotopic (exact) mass is 456 g/mol. The van der Waals surface area contributed by atoms with Gasteiger partial charge in [0.05, 0.1) is 17.1 Å². The van der Waals surface area contributed by atoms with Crippen molar-refractivity contribution in [2.45, 2.75) is 51.5 Å². The Kier molecular flexibility index (Phi) is 8.50. The van der Waals surface area contributed by atoms with Crippen molar-refractivity contribution in [3.05, 3.63) is 53.1 Å². The molecule has 0 aliphatic heterocycles. The fourth-order valence-corrected chi connectivity index (χ4v) is 3.83. The van der Waals surface area contributed by atoms with Gasteiger partial charge in [0.1, 0.15) is 0 Å². The summed E-state index contributed by atoms with van der Waals surface area (Å²) in [6, 6.07) is 12.2.